The van der Waals surface area contributed by atoms with Crippen LogP contribution in [-0.2, 0) is 7.05 Å². The number of para-hydroxylation sites is 1. The summed E-state index contributed by atoms with van der Waals surface area (Å²) in [6, 6.07) is 21.8. The quantitative estimate of drug-likeness (QED) is 0.288. The molecule has 0 spiro atoms. The lowest BCUT2D eigenvalue weighted by Crippen LogP contribution is -2.26. The van der Waals surface area contributed by atoms with Crippen molar-refractivity contribution in [3.8, 4) is 11.1 Å². The molecule has 0 aliphatic rings. The van der Waals surface area contributed by atoms with Gasteiger partial charge in [0.25, 0.3) is 5.65 Å². The second kappa shape index (κ2) is 5.43. The molecule has 0 aliphatic heterocycles. The van der Waals surface area contributed by atoms with Crippen LogP contribution in [0.4, 0.5) is 0 Å². The van der Waals surface area contributed by atoms with Gasteiger partial charge in [-0.05, 0) is 42.2 Å². The van der Waals surface area contributed by atoms with E-state index in [2.05, 4.69) is 103 Å². The lowest BCUT2D eigenvalue weighted by atomic mass is 9.89. The molecule has 126 valence electrons. The van der Waals surface area contributed by atoms with Gasteiger partial charge in [0.2, 0.25) is 0 Å². The molecule has 2 aromatic heterocycles. The maximum absolute atomic E-state index is 2.33. The molecule has 0 amide bonds. The first-order chi connectivity index (χ1) is 12.7. The van der Waals surface area contributed by atoms with E-state index in [0.29, 0.717) is 0 Å². The Labute approximate surface area is 152 Å². The summed E-state index contributed by atoms with van der Waals surface area (Å²) in [6.45, 7) is 4.46. The summed E-state index contributed by atoms with van der Waals surface area (Å²) in [4.78, 5) is 0. The van der Waals surface area contributed by atoms with Crippen molar-refractivity contribution in [3.63, 3.8) is 0 Å². The standard InChI is InChI=1S/C24H21N2/c1-16-15-17(2)22-23(21(16)18-9-5-4-6-10-18)19-11-7-8-12-20(19)26-14-13-25(3)24(22)26/h4-15H,1-3H3/q+1. The minimum atomic E-state index is 1.24. The highest BCUT2D eigenvalue weighted by atomic mass is 15.1. The second-order valence-electron chi connectivity index (χ2n) is 7.12. The van der Waals surface area contributed by atoms with Crippen molar-refractivity contribution in [2.75, 3.05) is 0 Å². The number of nitrogens with zero attached hydrogens (tertiary/aromatic N) is 2. The number of rotatable bonds is 1. The lowest BCUT2D eigenvalue weighted by Gasteiger charge is -2.15. The first-order valence-electron chi connectivity index (χ1n) is 9.03. The molecule has 0 radical (unpaired) electrons. The fraction of sp³-hybridized carbons (Fsp3) is 0.125. The Morgan fingerprint density at radius 2 is 1.54 bits per heavy atom. The molecule has 26 heavy (non-hydrogen) atoms. The SMILES string of the molecule is Cc1cc(C)c2c(c1-c1ccccc1)c1ccccc1n1cc[n+](C)c21. The van der Waals surface area contributed by atoms with Gasteiger partial charge in [0, 0.05) is 10.8 Å². The third-order valence-corrected chi connectivity index (χ3v) is 5.44. The van der Waals surface area contributed by atoms with Crippen molar-refractivity contribution in [3.05, 3.63) is 84.2 Å². The molecule has 2 nitrogen and oxygen atoms in total. The van der Waals surface area contributed by atoms with Gasteiger partial charge in [-0.25, -0.2) is 4.57 Å². The molecule has 0 atom stereocenters. The van der Waals surface area contributed by atoms with E-state index in [9.17, 15) is 0 Å². The molecule has 5 aromatic rings. The first kappa shape index (κ1) is 15.2. The average molecular weight is 337 g/mol. The van der Waals surface area contributed by atoms with Crippen molar-refractivity contribution < 1.29 is 4.57 Å². The molecular weight excluding hydrogens is 316 g/mol. The van der Waals surface area contributed by atoms with Gasteiger partial charge < -0.3 is 0 Å². The van der Waals surface area contributed by atoms with Crippen LogP contribution in [0, 0.1) is 13.8 Å². The highest BCUT2D eigenvalue weighted by Gasteiger charge is 2.22. The van der Waals surface area contributed by atoms with Gasteiger partial charge in [-0.3, -0.25) is 0 Å². The number of aryl methyl sites for hydroxylation is 3. The van der Waals surface area contributed by atoms with Gasteiger partial charge in [0.15, 0.2) is 0 Å². The van der Waals surface area contributed by atoms with Crippen LogP contribution in [0.1, 0.15) is 11.1 Å². The fourth-order valence-corrected chi connectivity index (χ4v) is 4.39. The maximum atomic E-state index is 2.33. The van der Waals surface area contributed by atoms with Crippen molar-refractivity contribution in [1.29, 1.82) is 0 Å². The zero-order valence-corrected chi connectivity index (χ0v) is 15.3. The maximum Gasteiger partial charge on any atom is 0.294 e. The van der Waals surface area contributed by atoms with Crippen LogP contribution in [0.3, 0.4) is 0 Å². The normalized spacial score (nSPS) is 11.7. The molecule has 0 saturated carbocycles. The number of imidazole rings is 1. The summed E-state index contributed by atoms with van der Waals surface area (Å²) < 4.78 is 4.54. The van der Waals surface area contributed by atoms with Gasteiger partial charge in [-0.1, -0.05) is 54.6 Å². The van der Waals surface area contributed by atoms with Crippen molar-refractivity contribution in [1.82, 2.24) is 4.40 Å². The van der Waals surface area contributed by atoms with E-state index in [0.717, 1.165) is 0 Å². The van der Waals surface area contributed by atoms with E-state index in [-0.39, 0.29) is 0 Å². The summed E-state index contributed by atoms with van der Waals surface area (Å²) >= 11 is 0. The number of hydrogen-bond donors (Lipinski definition) is 0. The van der Waals surface area contributed by atoms with Crippen LogP contribution in [0.25, 0.3) is 38.4 Å². The number of benzene rings is 3. The number of fused-ring (bicyclic) bond motifs is 6. The summed E-state index contributed by atoms with van der Waals surface area (Å²) in [5.74, 6) is 0. The average Bonchev–Trinajstić information content (AvgIpc) is 3.04. The second-order valence-corrected chi connectivity index (χ2v) is 7.12. The zero-order valence-electron chi connectivity index (χ0n) is 15.3. The van der Waals surface area contributed by atoms with Crippen LogP contribution in [0.2, 0.25) is 0 Å². The summed E-state index contributed by atoms with van der Waals surface area (Å²) in [6.07, 6.45) is 4.31. The summed E-state index contributed by atoms with van der Waals surface area (Å²) in [5.41, 5.74) is 7.75. The Bertz CT molecular complexity index is 1290. The molecule has 0 fully saturated rings. The van der Waals surface area contributed by atoms with E-state index >= 15 is 0 Å². The van der Waals surface area contributed by atoms with Crippen LogP contribution >= 0.6 is 0 Å². The highest BCUT2D eigenvalue weighted by molar-refractivity contribution is 6.18. The van der Waals surface area contributed by atoms with Gasteiger partial charge >= 0.3 is 0 Å². The zero-order chi connectivity index (χ0) is 17.8. The summed E-state index contributed by atoms with van der Waals surface area (Å²) in [7, 11) is 2.13. The molecule has 2 heteroatoms. The molecule has 3 aromatic carbocycles. The Morgan fingerprint density at radius 3 is 2.35 bits per heavy atom. The van der Waals surface area contributed by atoms with Gasteiger partial charge in [-0.2, -0.15) is 4.40 Å². The van der Waals surface area contributed by atoms with Crippen molar-refractivity contribution in [2.24, 2.45) is 7.05 Å². The molecule has 0 N–H and O–H groups in total. The number of aromatic nitrogens is 2. The monoisotopic (exact) mass is 337 g/mol. The van der Waals surface area contributed by atoms with E-state index < -0.39 is 0 Å². The first-order valence-corrected chi connectivity index (χ1v) is 9.03. The summed E-state index contributed by atoms with van der Waals surface area (Å²) in [5, 5.41) is 3.99. The smallest absolute Gasteiger partial charge is 0.232 e. The minimum Gasteiger partial charge on any atom is -0.232 e. The van der Waals surface area contributed by atoms with Crippen LogP contribution in [0.15, 0.2) is 73.1 Å². The van der Waals surface area contributed by atoms with E-state index in [1.807, 2.05) is 0 Å². The molecule has 0 aliphatic carbocycles. The van der Waals surface area contributed by atoms with Crippen LogP contribution in [0.5, 0.6) is 0 Å². The minimum absolute atomic E-state index is 1.24. The van der Waals surface area contributed by atoms with Gasteiger partial charge in [-0.15, -0.1) is 0 Å². The lowest BCUT2D eigenvalue weighted by molar-refractivity contribution is -0.643. The Hall–Kier alpha value is -3.13. The third-order valence-electron chi connectivity index (χ3n) is 5.44. The predicted molar refractivity (Wildman–Crippen MR) is 108 cm³/mol. The van der Waals surface area contributed by atoms with Crippen molar-refractivity contribution >= 4 is 27.3 Å². The predicted octanol–water partition coefficient (Wildman–Crippen LogP) is 5.35. The van der Waals surface area contributed by atoms with E-state index in [1.165, 1.54) is 49.6 Å². The van der Waals surface area contributed by atoms with E-state index in [4.69, 9.17) is 0 Å². The molecule has 0 unspecified atom stereocenters. The third kappa shape index (κ3) is 1.96. The van der Waals surface area contributed by atoms with Crippen molar-refractivity contribution in [2.45, 2.75) is 13.8 Å². The molecule has 0 bridgehead atoms. The Kier molecular flexibility index (Phi) is 3.17. The van der Waals surface area contributed by atoms with E-state index in [1.54, 1.807) is 0 Å². The van der Waals surface area contributed by atoms with Gasteiger partial charge in [0.1, 0.15) is 17.9 Å². The topological polar surface area (TPSA) is 8.29 Å². The number of hydrogen-bond acceptors (Lipinski definition) is 0. The molecule has 2 heterocycles. The van der Waals surface area contributed by atoms with Crippen LogP contribution in [-0.4, -0.2) is 4.40 Å². The highest BCUT2D eigenvalue weighted by Crippen LogP contribution is 2.39. The van der Waals surface area contributed by atoms with Crippen LogP contribution < -0.4 is 4.57 Å². The largest absolute Gasteiger partial charge is 0.294 e. The molecule has 5 rings (SSSR count). The molecule has 0 saturated heterocycles. The Balaban J connectivity index is 2.16. The molecular formula is C24H21N2+. The number of pyridine rings is 1. The van der Waals surface area contributed by atoms with Gasteiger partial charge in [0.05, 0.1) is 12.4 Å². The Morgan fingerprint density at radius 1 is 0.808 bits per heavy atom. The fourth-order valence-electron chi connectivity index (χ4n) is 4.39.